The van der Waals surface area contributed by atoms with E-state index in [0.717, 1.165) is 17.7 Å². The van der Waals surface area contributed by atoms with Crippen molar-refractivity contribution in [3.63, 3.8) is 0 Å². The van der Waals surface area contributed by atoms with Crippen molar-refractivity contribution in [3.8, 4) is 0 Å². The predicted octanol–water partition coefficient (Wildman–Crippen LogP) is 4.63. The number of para-hydroxylation sites is 1. The minimum Gasteiger partial charge on any atom is -0.326 e. The van der Waals surface area contributed by atoms with Crippen LogP contribution in [0.5, 0.6) is 0 Å². The maximum atomic E-state index is 11.2. The molecule has 1 aromatic rings. The van der Waals surface area contributed by atoms with Crippen molar-refractivity contribution in [2.75, 3.05) is 5.32 Å². The molecule has 0 aliphatic rings. The lowest BCUT2D eigenvalue weighted by Gasteiger charge is -2.10. The van der Waals surface area contributed by atoms with E-state index in [9.17, 15) is 4.79 Å². The molecule has 2 nitrogen and oxygen atoms in total. The molecule has 0 aliphatic heterocycles. The number of anilines is 1. The van der Waals surface area contributed by atoms with E-state index in [1.165, 1.54) is 31.8 Å². The highest BCUT2D eigenvalue weighted by Gasteiger charge is 2.04. The van der Waals surface area contributed by atoms with Crippen molar-refractivity contribution in [2.45, 2.75) is 46.5 Å². The summed E-state index contributed by atoms with van der Waals surface area (Å²) in [5.74, 6) is -0.0266. The van der Waals surface area contributed by atoms with Crippen LogP contribution in [0.4, 0.5) is 5.69 Å². The van der Waals surface area contributed by atoms with Crippen molar-refractivity contribution >= 4 is 17.2 Å². The molecule has 98 valence electrons. The Morgan fingerprint density at radius 1 is 1.22 bits per heavy atom. The van der Waals surface area contributed by atoms with Gasteiger partial charge in [-0.2, -0.15) is 0 Å². The summed E-state index contributed by atoms with van der Waals surface area (Å²) in [6, 6.07) is 7.94. The molecule has 0 bridgehead atoms. The Kier molecular flexibility index (Phi) is 6.20. The quantitative estimate of drug-likeness (QED) is 0.727. The Balaban J connectivity index is 2.77. The Hall–Kier alpha value is -1.57. The minimum atomic E-state index is -0.0266. The first-order chi connectivity index (χ1) is 8.65. The molecule has 0 heterocycles. The Labute approximate surface area is 110 Å². The van der Waals surface area contributed by atoms with Crippen LogP contribution in [0, 0.1) is 0 Å². The molecule has 0 aliphatic carbocycles. The Morgan fingerprint density at radius 2 is 1.94 bits per heavy atom. The number of hydrogen-bond donors (Lipinski definition) is 1. The molecule has 0 fully saturated rings. The van der Waals surface area contributed by atoms with Crippen molar-refractivity contribution in [3.05, 3.63) is 35.9 Å². The van der Waals surface area contributed by atoms with Gasteiger partial charge in [0, 0.05) is 18.2 Å². The molecule has 1 rings (SSSR count). The van der Waals surface area contributed by atoms with Crippen LogP contribution >= 0.6 is 0 Å². The summed E-state index contributed by atoms with van der Waals surface area (Å²) in [7, 11) is 0. The topological polar surface area (TPSA) is 29.1 Å². The lowest BCUT2D eigenvalue weighted by atomic mass is 10.0. The van der Waals surface area contributed by atoms with Crippen LogP contribution in [0.1, 0.15) is 52.0 Å². The van der Waals surface area contributed by atoms with Gasteiger partial charge in [-0.25, -0.2) is 0 Å². The summed E-state index contributed by atoms with van der Waals surface area (Å²) in [6.45, 7) is 5.85. The molecule has 0 atom stereocenters. The molecule has 1 aromatic carbocycles. The maximum Gasteiger partial charge on any atom is 0.221 e. The highest BCUT2D eigenvalue weighted by molar-refractivity contribution is 5.92. The van der Waals surface area contributed by atoms with Crippen LogP contribution in [-0.2, 0) is 4.79 Å². The fourth-order valence-corrected chi connectivity index (χ4v) is 1.95. The van der Waals surface area contributed by atoms with Gasteiger partial charge < -0.3 is 5.32 Å². The Morgan fingerprint density at radius 3 is 2.61 bits per heavy atom. The predicted molar refractivity (Wildman–Crippen MR) is 78.5 cm³/mol. The molecule has 1 amide bonds. The summed E-state index contributed by atoms with van der Waals surface area (Å²) >= 11 is 0. The molecule has 1 N–H and O–H groups in total. The van der Waals surface area contributed by atoms with Gasteiger partial charge in [-0.1, -0.05) is 44.0 Å². The van der Waals surface area contributed by atoms with E-state index in [1.807, 2.05) is 18.2 Å². The molecule has 18 heavy (non-hydrogen) atoms. The molecule has 0 saturated heterocycles. The number of benzene rings is 1. The van der Waals surface area contributed by atoms with E-state index in [0.29, 0.717) is 0 Å². The Bertz CT molecular complexity index is 421. The molecular formula is C16H23NO. The average molecular weight is 245 g/mol. The summed E-state index contributed by atoms with van der Waals surface area (Å²) in [4.78, 5) is 11.2. The third-order valence-electron chi connectivity index (χ3n) is 2.92. The molecule has 0 saturated carbocycles. The van der Waals surface area contributed by atoms with Crippen LogP contribution in [0.2, 0.25) is 0 Å². The summed E-state index contributed by atoms with van der Waals surface area (Å²) < 4.78 is 0. The molecule has 2 heteroatoms. The SMILES string of the molecule is CCCCC/C=C(\C)c1ccccc1NC(C)=O. The highest BCUT2D eigenvalue weighted by Crippen LogP contribution is 2.24. The number of allylic oxidation sites excluding steroid dienone is 2. The van der Waals surface area contributed by atoms with Gasteiger partial charge in [0.25, 0.3) is 0 Å². The van der Waals surface area contributed by atoms with Crippen LogP contribution in [0.3, 0.4) is 0 Å². The van der Waals surface area contributed by atoms with Gasteiger partial charge in [-0.05, 0) is 31.4 Å². The maximum absolute atomic E-state index is 11.2. The van der Waals surface area contributed by atoms with Gasteiger partial charge in [0.15, 0.2) is 0 Å². The zero-order valence-corrected chi connectivity index (χ0v) is 11.6. The fraction of sp³-hybridized carbons (Fsp3) is 0.438. The molecule has 0 unspecified atom stereocenters. The second-order valence-electron chi connectivity index (χ2n) is 4.61. The zero-order valence-electron chi connectivity index (χ0n) is 11.6. The number of nitrogens with one attached hydrogen (secondary N) is 1. The summed E-state index contributed by atoms with van der Waals surface area (Å²) in [5.41, 5.74) is 3.24. The van der Waals surface area contributed by atoms with Gasteiger partial charge >= 0.3 is 0 Å². The van der Waals surface area contributed by atoms with Gasteiger partial charge in [0.2, 0.25) is 5.91 Å². The number of amides is 1. The molecule has 0 radical (unpaired) electrons. The number of carbonyl (C=O) groups is 1. The lowest BCUT2D eigenvalue weighted by molar-refractivity contribution is -0.114. The zero-order chi connectivity index (χ0) is 13.4. The van der Waals surface area contributed by atoms with Gasteiger partial charge in [-0.3, -0.25) is 4.79 Å². The van der Waals surface area contributed by atoms with Gasteiger partial charge in [0.05, 0.1) is 0 Å². The first-order valence-electron chi connectivity index (χ1n) is 6.69. The summed E-state index contributed by atoms with van der Waals surface area (Å²) in [5, 5.41) is 2.88. The van der Waals surface area contributed by atoms with Crippen LogP contribution in [-0.4, -0.2) is 5.91 Å². The van der Waals surface area contributed by atoms with E-state index in [1.54, 1.807) is 0 Å². The highest BCUT2D eigenvalue weighted by atomic mass is 16.1. The van der Waals surface area contributed by atoms with Crippen LogP contribution in [0.15, 0.2) is 30.3 Å². The summed E-state index contributed by atoms with van der Waals surface area (Å²) in [6.07, 6.45) is 7.12. The van der Waals surface area contributed by atoms with Crippen molar-refractivity contribution in [2.24, 2.45) is 0 Å². The van der Waals surface area contributed by atoms with E-state index in [2.05, 4.69) is 31.3 Å². The fourth-order valence-electron chi connectivity index (χ4n) is 1.95. The largest absolute Gasteiger partial charge is 0.326 e. The van der Waals surface area contributed by atoms with E-state index in [-0.39, 0.29) is 5.91 Å². The smallest absolute Gasteiger partial charge is 0.221 e. The van der Waals surface area contributed by atoms with Gasteiger partial charge in [0.1, 0.15) is 0 Å². The van der Waals surface area contributed by atoms with Crippen LogP contribution in [0.25, 0.3) is 5.57 Å². The first kappa shape index (κ1) is 14.5. The second kappa shape index (κ2) is 7.70. The van der Waals surface area contributed by atoms with Gasteiger partial charge in [-0.15, -0.1) is 0 Å². The van der Waals surface area contributed by atoms with Crippen molar-refractivity contribution < 1.29 is 4.79 Å². The molecule has 0 spiro atoms. The van der Waals surface area contributed by atoms with Crippen LogP contribution < -0.4 is 5.32 Å². The monoisotopic (exact) mass is 245 g/mol. The van der Waals surface area contributed by atoms with Crippen molar-refractivity contribution in [1.82, 2.24) is 0 Å². The number of carbonyl (C=O) groups excluding carboxylic acids is 1. The van der Waals surface area contributed by atoms with Crippen molar-refractivity contribution in [1.29, 1.82) is 0 Å². The number of hydrogen-bond acceptors (Lipinski definition) is 1. The number of rotatable bonds is 6. The average Bonchev–Trinajstić information content (AvgIpc) is 2.34. The normalized spacial score (nSPS) is 11.4. The molecule has 0 aromatic heterocycles. The third-order valence-corrected chi connectivity index (χ3v) is 2.92. The third kappa shape index (κ3) is 4.74. The first-order valence-corrected chi connectivity index (χ1v) is 6.69. The molecular weight excluding hydrogens is 222 g/mol. The van der Waals surface area contributed by atoms with E-state index >= 15 is 0 Å². The standard InChI is InChI=1S/C16H23NO/c1-4-5-6-7-10-13(2)15-11-8-9-12-16(15)17-14(3)18/h8-12H,4-7H2,1-3H3,(H,17,18)/b13-10+. The number of unbranched alkanes of at least 4 members (excludes halogenated alkanes) is 3. The second-order valence-corrected chi connectivity index (χ2v) is 4.61. The minimum absolute atomic E-state index is 0.0266. The van der Waals surface area contributed by atoms with E-state index < -0.39 is 0 Å². The van der Waals surface area contributed by atoms with E-state index in [4.69, 9.17) is 0 Å². The lowest BCUT2D eigenvalue weighted by Crippen LogP contribution is -2.07.